The van der Waals surface area contributed by atoms with Crippen LogP contribution in [0.25, 0.3) is 0 Å². The van der Waals surface area contributed by atoms with Crippen LogP contribution in [0.5, 0.6) is 0 Å². The lowest BCUT2D eigenvalue weighted by Crippen LogP contribution is -2.05. The highest BCUT2D eigenvalue weighted by atomic mass is 19.1. The molecule has 2 aromatic rings. The predicted octanol–water partition coefficient (Wildman–Crippen LogP) is 3.15. The molecule has 0 saturated heterocycles. The van der Waals surface area contributed by atoms with E-state index in [4.69, 9.17) is 0 Å². The van der Waals surface area contributed by atoms with Crippen LogP contribution in [0.1, 0.15) is 17.2 Å². The largest absolute Gasteiger partial charge is 0.388 e. The second kappa shape index (κ2) is 5.75. The lowest BCUT2D eigenvalue weighted by Gasteiger charge is -2.12. The first-order valence-corrected chi connectivity index (χ1v) is 5.83. The van der Waals surface area contributed by atoms with Gasteiger partial charge in [-0.2, -0.15) is 0 Å². The summed E-state index contributed by atoms with van der Waals surface area (Å²) in [5.41, 5.74) is 0.385. The van der Waals surface area contributed by atoms with E-state index < -0.39 is 22.7 Å². The summed E-state index contributed by atoms with van der Waals surface area (Å²) in [4.78, 5) is 9.97. The third kappa shape index (κ3) is 3.16. The zero-order chi connectivity index (χ0) is 14.7. The van der Waals surface area contributed by atoms with Crippen molar-refractivity contribution in [1.29, 1.82) is 0 Å². The second-order valence-corrected chi connectivity index (χ2v) is 4.31. The van der Waals surface area contributed by atoms with Crippen molar-refractivity contribution in [3.05, 3.63) is 75.3 Å². The molecule has 0 radical (unpaired) electrons. The van der Waals surface area contributed by atoms with Crippen molar-refractivity contribution >= 4 is 5.69 Å². The van der Waals surface area contributed by atoms with Gasteiger partial charge in [0.1, 0.15) is 11.6 Å². The minimum Gasteiger partial charge on any atom is -0.388 e. The summed E-state index contributed by atoms with van der Waals surface area (Å²) in [6.45, 7) is 0. The SMILES string of the molecule is O=[N+]([O-])c1ccc(CC(O)c2cc(F)ccc2F)cc1. The van der Waals surface area contributed by atoms with Gasteiger partial charge >= 0.3 is 0 Å². The molecule has 0 heterocycles. The molecular formula is C14H11F2NO3. The molecule has 0 fully saturated rings. The molecule has 104 valence electrons. The topological polar surface area (TPSA) is 63.4 Å². The Morgan fingerprint density at radius 3 is 2.40 bits per heavy atom. The zero-order valence-corrected chi connectivity index (χ0v) is 10.3. The summed E-state index contributed by atoms with van der Waals surface area (Å²) < 4.78 is 26.5. The Bertz CT molecular complexity index is 629. The monoisotopic (exact) mass is 279 g/mol. The van der Waals surface area contributed by atoms with Gasteiger partial charge < -0.3 is 5.11 Å². The molecule has 6 heteroatoms. The van der Waals surface area contributed by atoms with E-state index in [-0.39, 0.29) is 17.7 Å². The average Bonchev–Trinajstić information content (AvgIpc) is 2.42. The van der Waals surface area contributed by atoms with E-state index >= 15 is 0 Å². The number of hydrogen-bond donors (Lipinski definition) is 1. The molecule has 4 nitrogen and oxygen atoms in total. The maximum atomic E-state index is 13.5. The fourth-order valence-corrected chi connectivity index (χ4v) is 1.86. The van der Waals surface area contributed by atoms with Gasteiger partial charge in [0.2, 0.25) is 0 Å². The molecule has 0 aliphatic heterocycles. The Labute approximate surface area is 113 Å². The number of nitro groups is 1. The van der Waals surface area contributed by atoms with Crippen LogP contribution in [0.15, 0.2) is 42.5 Å². The number of nitrogens with zero attached hydrogens (tertiary/aromatic N) is 1. The molecule has 1 unspecified atom stereocenters. The molecule has 20 heavy (non-hydrogen) atoms. The Morgan fingerprint density at radius 2 is 1.80 bits per heavy atom. The molecule has 0 amide bonds. The van der Waals surface area contributed by atoms with Crippen LogP contribution >= 0.6 is 0 Å². The van der Waals surface area contributed by atoms with Gasteiger partial charge in [0.05, 0.1) is 11.0 Å². The molecule has 0 saturated carbocycles. The number of aliphatic hydroxyl groups excluding tert-OH is 1. The standard InChI is InChI=1S/C14H11F2NO3/c15-10-3-6-13(16)12(8-10)14(18)7-9-1-4-11(5-2-9)17(19)20/h1-6,8,14,18H,7H2. The van der Waals surface area contributed by atoms with Gasteiger partial charge in [0.15, 0.2) is 0 Å². The van der Waals surface area contributed by atoms with Crippen molar-refractivity contribution in [2.24, 2.45) is 0 Å². The lowest BCUT2D eigenvalue weighted by atomic mass is 10.0. The second-order valence-electron chi connectivity index (χ2n) is 4.31. The fourth-order valence-electron chi connectivity index (χ4n) is 1.86. The number of aliphatic hydroxyl groups is 1. The lowest BCUT2D eigenvalue weighted by molar-refractivity contribution is -0.384. The molecule has 0 aliphatic carbocycles. The molecule has 2 aromatic carbocycles. The molecule has 0 spiro atoms. The van der Waals surface area contributed by atoms with E-state index in [1.54, 1.807) is 0 Å². The van der Waals surface area contributed by atoms with E-state index in [1.165, 1.54) is 24.3 Å². The molecular weight excluding hydrogens is 268 g/mol. The van der Waals surface area contributed by atoms with Gasteiger partial charge in [-0.25, -0.2) is 8.78 Å². The van der Waals surface area contributed by atoms with Crippen LogP contribution < -0.4 is 0 Å². The van der Waals surface area contributed by atoms with E-state index in [1.807, 2.05) is 0 Å². The summed E-state index contributed by atoms with van der Waals surface area (Å²) in [5.74, 6) is -1.33. The minimum absolute atomic E-state index is 0.0400. The van der Waals surface area contributed by atoms with Crippen LogP contribution in [-0.4, -0.2) is 10.0 Å². The zero-order valence-electron chi connectivity index (χ0n) is 10.3. The number of rotatable bonds is 4. The number of non-ortho nitro benzene ring substituents is 1. The highest BCUT2D eigenvalue weighted by Crippen LogP contribution is 2.23. The van der Waals surface area contributed by atoms with Gasteiger partial charge in [0.25, 0.3) is 5.69 Å². The molecule has 1 N–H and O–H groups in total. The molecule has 1 atom stereocenters. The van der Waals surface area contributed by atoms with E-state index in [9.17, 15) is 24.0 Å². The van der Waals surface area contributed by atoms with Gasteiger partial charge in [-0.3, -0.25) is 10.1 Å². The third-order valence-electron chi connectivity index (χ3n) is 2.89. The van der Waals surface area contributed by atoms with Crippen molar-refractivity contribution in [2.45, 2.75) is 12.5 Å². The molecule has 0 aromatic heterocycles. The molecule has 0 bridgehead atoms. The highest BCUT2D eigenvalue weighted by molar-refractivity contribution is 5.34. The summed E-state index contributed by atoms with van der Waals surface area (Å²) in [7, 11) is 0. The van der Waals surface area contributed by atoms with Crippen molar-refractivity contribution < 1.29 is 18.8 Å². The third-order valence-corrected chi connectivity index (χ3v) is 2.89. The first kappa shape index (κ1) is 14.1. The maximum absolute atomic E-state index is 13.5. The Kier molecular flexibility index (Phi) is 4.05. The normalized spacial score (nSPS) is 12.2. The minimum atomic E-state index is -1.22. The van der Waals surface area contributed by atoms with Gasteiger partial charge in [0, 0.05) is 24.1 Å². The van der Waals surface area contributed by atoms with Gasteiger partial charge in [-0.15, -0.1) is 0 Å². The summed E-state index contributed by atoms with van der Waals surface area (Å²) in [6.07, 6.45) is -1.18. The Balaban J connectivity index is 2.16. The predicted molar refractivity (Wildman–Crippen MR) is 68.1 cm³/mol. The van der Waals surface area contributed by atoms with E-state index in [0.29, 0.717) is 5.56 Å². The van der Waals surface area contributed by atoms with Crippen LogP contribution in [0.2, 0.25) is 0 Å². The number of hydrogen-bond acceptors (Lipinski definition) is 3. The van der Waals surface area contributed by atoms with Crippen LogP contribution in [0.3, 0.4) is 0 Å². The maximum Gasteiger partial charge on any atom is 0.269 e. The highest BCUT2D eigenvalue weighted by Gasteiger charge is 2.15. The van der Waals surface area contributed by atoms with Crippen LogP contribution in [0.4, 0.5) is 14.5 Å². The molecule has 0 aliphatic rings. The van der Waals surface area contributed by atoms with Gasteiger partial charge in [-0.05, 0) is 23.8 Å². The van der Waals surface area contributed by atoms with E-state index in [2.05, 4.69) is 0 Å². The first-order valence-electron chi connectivity index (χ1n) is 5.83. The van der Waals surface area contributed by atoms with Crippen molar-refractivity contribution in [3.8, 4) is 0 Å². The van der Waals surface area contributed by atoms with Crippen molar-refractivity contribution in [1.82, 2.24) is 0 Å². The van der Waals surface area contributed by atoms with Crippen LogP contribution in [-0.2, 0) is 6.42 Å². The number of nitro benzene ring substituents is 1. The van der Waals surface area contributed by atoms with Crippen molar-refractivity contribution in [2.75, 3.05) is 0 Å². The van der Waals surface area contributed by atoms with Gasteiger partial charge in [-0.1, -0.05) is 12.1 Å². The summed E-state index contributed by atoms with van der Waals surface area (Å²) >= 11 is 0. The Hall–Kier alpha value is -2.34. The van der Waals surface area contributed by atoms with E-state index in [0.717, 1.165) is 18.2 Å². The Morgan fingerprint density at radius 1 is 1.15 bits per heavy atom. The number of benzene rings is 2. The van der Waals surface area contributed by atoms with Crippen LogP contribution in [0, 0.1) is 21.7 Å². The quantitative estimate of drug-likeness (QED) is 0.690. The van der Waals surface area contributed by atoms with Crippen molar-refractivity contribution in [3.63, 3.8) is 0 Å². The summed E-state index contributed by atoms with van der Waals surface area (Å²) in [6, 6.07) is 8.39. The smallest absolute Gasteiger partial charge is 0.269 e. The summed E-state index contributed by atoms with van der Waals surface area (Å²) in [5, 5.41) is 20.4. The fraction of sp³-hybridized carbons (Fsp3) is 0.143. The average molecular weight is 279 g/mol. The number of halogens is 2. The first-order chi connectivity index (χ1) is 9.47. The molecule has 2 rings (SSSR count).